The van der Waals surface area contributed by atoms with Crippen molar-refractivity contribution in [2.45, 2.75) is 33.2 Å². The van der Waals surface area contributed by atoms with Crippen LogP contribution < -0.4 is 5.32 Å². The number of hydrogen-bond acceptors (Lipinski definition) is 4. The number of thiazole rings is 1. The third-order valence-corrected chi connectivity index (χ3v) is 4.56. The van der Waals surface area contributed by atoms with Crippen molar-refractivity contribution in [3.05, 3.63) is 38.0 Å². The largest absolute Gasteiger partial charge is 0.305 e. The topological polar surface area (TPSA) is 24.9 Å². The molecule has 0 aliphatic carbocycles. The molecule has 0 saturated carbocycles. The summed E-state index contributed by atoms with van der Waals surface area (Å²) in [5.74, 6) is 0. The molecule has 0 aliphatic heterocycles. The van der Waals surface area contributed by atoms with Crippen LogP contribution in [0.15, 0.2) is 16.8 Å². The Bertz CT molecular complexity index is 460. The maximum atomic E-state index is 4.76. The van der Waals surface area contributed by atoms with Crippen molar-refractivity contribution in [3.63, 3.8) is 0 Å². The molecule has 0 aliphatic rings. The van der Waals surface area contributed by atoms with Crippen molar-refractivity contribution in [2.24, 2.45) is 0 Å². The van der Waals surface area contributed by atoms with Gasteiger partial charge in [-0.15, -0.1) is 11.3 Å². The van der Waals surface area contributed by atoms with Crippen molar-refractivity contribution in [3.8, 4) is 0 Å². The Morgan fingerprint density at radius 2 is 2.24 bits per heavy atom. The summed E-state index contributed by atoms with van der Waals surface area (Å²) in [5, 5.41) is 9.04. The quantitative estimate of drug-likeness (QED) is 0.891. The van der Waals surface area contributed by atoms with Gasteiger partial charge in [-0.25, -0.2) is 4.98 Å². The zero-order valence-corrected chi connectivity index (χ0v) is 12.1. The molecular formula is C13H18N2S2. The fourth-order valence-electron chi connectivity index (χ4n) is 1.89. The number of hydrogen-bond donors (Lipinski definition) is 1. The van der Waals surface area contributed by atoms with E-state index in [9.17, 15) is 0 Å². The summed E-state index contributed by atoms with van der Waals surface area (Å²) in [6.45, 7) is 7.43. The van der Waals surface area contributed by atoms with Gasteiger partial charge in [-0.3, -0.25) is 0 Å². The second kappa shape index (κ2) is 5.76. The first-order valence-electron chi connectivity index (χ1n) is 5.97. The van der Waals surface area contributed by atoms with E-state index in [0.717, 1.165) is 13.0 Å². The van der Waals surface area contributed by atoms with Crippen molar-refractivity contribution >= 4 is 22.7 Å². The molecule has 4 heteroatoms. The van der Waals surface area contributed by atoms with E-state index in [1.165, 1.54) is 21.1 Å². The van der Waals surface area contributed by atoms with E-state index in [1.807, 2.05) is 11.3 Å². The SMILES string of the molecule is CCNC(c1ccsc1)c1nc(CC)c(C)s1. The third kappa shape index (κ3) is 2.76. The van der Waals surface area contributed by atoms with Gasteiger partial charge in [0.15, 0.2) is 0 Å². The Morgan fingerprint density at radius 3 is 2.76 bits per heavy atom. The smallest absolute Gasteiger partial charge is 0.115 e. The van der Waals surface area contributed by atoms with Crippen LogP contribution in [0.3, 0.4) is 0 Å². The second-order valence-corrected chi connectivity index (χ2v) is 5.97. The molecule has 0 aromatic carbocycles. The second-order valence-electron chi connectivity index (χ2n) is 3.96. The van der Waals surface area contributed by atoms with Crippen molar-refractivity contribution in [1.29, 1.82) is 0 Å². The van der Waals surface area contributed by atoms with E-state index < -0.39 is 0 Å². The molecule has 92 valence electrons. The molecule has 0 spiro atoms. The average molecular weight is 266 g/mol. The van der Waals surface area contributed by atoms with E-state index in [-0.39, 0.29) is 6.04 Å². The number of nitrogens with zero attached hydrogens (tertiary/aromatic N) is 1. The molecular weight excluding hydrogens is 248 g/mol. The summed E-state index contributed by atoms with van der Waals surface area (Å²) in [6, 6.07) is 2.44. The molecule has 2 nitrogen and oxygen atoms in total. The van der Waals surface area contributed by atoms with Crippen molar-refractivity contribution < 1.29 is 0 Å². The molecule has 0 bridgehead atoms. The van der Waals surface area contributed by atoms with Crippen LogP contribution in [0, 0.1) is 6.92 Å². The van der Waals surface area contributed by atoms with E-state index in [0.29, 0.717) is 0 Å². The predicted molar refractivity (Wildman–Crippen MR) is 76.1 cm³/mol. The lowest BCUT2D eigenvalue weighted by Gasteiger charge is -2.13. The molecule has 0 fully saturated rings. The molecule has 17 heavy (non-hydrogen) atoms. The zero-order valence-electron chi connectivity index (χ0n) is 10.5. The van der Waals surface area contributed by atoms with Gasteiger partial charge in [0.05, 0.1) is 11.7 Å². The van der Waals surface area contributed by atoms with Gasteiger partial charge >= 0.3 is 0 Å². The number of aryl methyl sites for hydroxylation is 2. The normalized spacial score (nSPS) is 12.9. The number of aromatic nitrogens is 1. The predicted octanol–water partition coefficient (Wildman–Crippen LogP) is 3.77. The van der Waals surface area contributed by atoms with E-state index in [1.54, 1.807) is 11.3 Å². The van der Waals surface area contributed by atoms with E-state index in [4.69, 9.17) is 4.98 Å². The Labute approximate surface area is 111 Å². The lowest BCUT2D eigenvalue weighted by atomic mass is 10.1. The highest BCUT2D eigenvalue weighted by molar-refractivity contribution is 7.11. The molecule has 2 aromatic rings. The Hall–Kier alpha value is -0.710. The van der Waals surface area contributed by atoms with Gasteiger partial charge in [-0.2, -0.15) is 11.3 Å². The van der Waals surface area contributed by atoms with Crippen LogP contribution in [0.1, 0.15) is 41.0 Å². The Kier molecular flexibility index (Phi) is 4.31. The molecule has 0 saturated heterocycles. The first kappa shape index (κ1) is 12.7. The van der Waals surface area contributed by atoms with Gasteiger partial charge in [0.2, 0.25) is 0 Å². The van der Waals surface area contributed by atoms with Crippen LogP contribution in [0.5, 0.6) is 0 Å². The van der Waals surface area contributed by atoms with Crippen molar-refractivity contribution in [1.82, 2.24) is 10.3 Å². The van der Waals surface area contributed by atoms with Crippen LogP contribution in [0.4, 0.5) is 0 Å². The van der Waals surface area contributed by atoms with E-state index in [2.05, 4.69) is 42.9 Å². The lowest BCUT2D eigenvalue weighted by molar-refractivity contribution is 0.627. The van der Waals surface area contributed by atoms with Crippen LogP contribution in [0.25, 0.3) is 0 Å². The van der Waals surface area contributed by atoms with Crippen LogP contribution in [-0.2, 0) is 6.42 Å². The van der Waals surface area contributed by atoms with Gasteiger partial charge in [-0.1, -0.05) is 13.8 Å². The van der Waals surface area contributed by atoms with E-state index >= 15 is 0 Å². The highest BCUT2D eigenvalue weighted by Gasteiger charge is 2.18. The minimum Gasteiger partial charge on any atom is -0.305 e. The third-order valence-electron chi connectivity index (χ3n) is 2.78. The monoisotopic (exact) mass is 266 g/mol. The zero-order chi connectivity index (χ0) is 12.3. The molecule has 2 heterocycles. The Morgan fingerprint density at radius 1 is 1.41 bits per heavy atom. The van der Waals surface area contributed by atoms with Gasteiger partial charge in [0.25, 0.3) is 0 Å². The lowest BCUT2D eigenvalue weighted by Crippen LogP contribution is -2.21. The molecule has 0 amide bonds. The van der Waals surface area contributed by atoms with Gasteiger partial charge in [-0.05, 0) is 42.3 Å². The highest BCUT2D eigenvalue weighted by atomic mass is 32.1. The maximum Gasteiger partial charge on any atom is 0.115 e. The fraction of sp³-hybridized carbons (Fsp3) is 0.462. The minimum atomic E-state index is 0.259. The number of thiophene rings is 1. The summed E-state index contributed by atoms with van der Waals surface area (Å²) < 4.78 is 0. The summed E-state index contributed by atoms with van der Waals surface area (Å²) in [6.07, 6.45) is 1.02. The average Bonchev–Trinajstić information content (AvgIpc) is 2.95. The maximum absolute atomic E-state index is 4.76. The molecule has 1 N–H and O–H groups in total. The Balaban J connectivity index is 2.32. The van der Waals surface area contributed by atoms with Crippen LogP contribution in [-0.4, -0.2) is 11.5 Å². The molecule has 1 atom stereocenters. The van der Waals surface area contributed by atoms with Crippen LogP contribution >= 0.6 is 22.7 Å². The summed E-state index contributed by atoms with van der Waals surface area (Å²) in [5.41, 5.74) is 2.57. The summed E-state index contributed by atoms with van der Waals surface area (Å²) in [7, 11) is 0. The van der Waals surface area contributed by atoms with Gasteiger partial charge < -0.3 is 5.32 Å². The number of rotatable bonds is 5. The molecule has 1 unspecified atom stereocenters. The minimum absolute atomic E-state index is 0.259. The first-order valence-corrected chi connectivity index (χ1v) is 7.73. The number of nitrogens with one attached hydrogen (secondary N) is 1. The fourth-order valence-corrected chi connectivity index (χ4v) is 3.69. The summed E-state index contributed by atoms with van der Waals surface area (Å²) >= 11 is 3.56. The molecule has 2 rings (SSSR count). The molecule has 0 radical (unpaired) electrons. The highest BCUT2D eigenvalue weighted by Crippen LogP contribution is 2.29. The van der Waals surface area contributed by atoms with Gasteiger partial charge in [0, 0.05) is 4.88 Å². The van der Waals surface area contributed by atoms with Crippen LogP contribution in [0.2, 0.25) is 0 Å². The van der Waals surface area contributed by atoms with Crippen molar-refractivity contribution in [2.75, 3.05) is 6.54 Å². The standard InChI is InChI=1S/C13H18N2S2/c1-4-11-9(3)17-13(15-11)12(14-5-2)10-6-7-16-8-10/h6-8,12,14H,4-5H2,1-3H3. The van der Waals surface area contributed by atoms with Gasteiger partial charge in [0.1, 0.15) is 5.01 Å². The summed E-state index contributed by atoms with van der Waals surface area (Å²) in [4.78, 5) is 6.11. The molecule has 2 aromatic heterocycles. The first-order chi connectivity index (χ1) is 8.26.